The number of aromatic nitrogens is 1. The van der Waals surface area contributed by atoms with Crippen LogP contribution < -0.4 is 0 Å². The minimum absolute atomic E-state index is 0.0285. The van der Waals surface area contributed by atoms with Gasteiger partial charge in [-0.05, 0) is 51.0 Å². The highest BCUT2D eigenvalue weighted by Gasteiger charge is 2.14. The second kappa shape index (κ2) is 7.43. The normalized spacial score (nSPS) is 11.4. The Hall–Kier alpha value is -2.74. The van der Waals surface area contributed by atoms with E-state index in [4.69, 9.17) is 4.99 Å². The van der Waals surface area contributed by atoms with Crippen molar-refractivity contribution in [2.24, 2.45) is 4.99 Å². The van der Waals surface area contributed by atoms with Gasteiger partial charge >= 0.3 is 0 Å². The van der Waals surface area contributed by atoms with Crippen molar-refractivity contribution in [1.29, 1.82) is 0 Å². The number of pyridine rings is 1. The molecule has 1 aromatic heterocycles. The van der Waals surface area contributed by atoms with Crippen molar-refractivity contribution in [3.63, 3.8) is 0 Å². The van der Waals surface area contributed by atoms with Gasteiger partial charge in [0.25, 0.3) is 0 Å². The van der Waals surface area contributed by atoms with Crippen LogP contribution in [0.15, 0.2) is 65.8 Å². The number of nitrogens with zero attached hydrogens (tertiary/aromatic N) is 2. The fourth-order valence-corrected chi connectivity index (χ4v) is 3.30. The molecule has 0 aliphatic rings. The smallest absolute Gasteiger partial charge is 0.100 e. The minimum atomic E-state index is -0.0285. The molecule has 0 bridgehead atoms. The fraction of sp³-hybridized carbons (Fsp3) is 0.217. The van der Waals surface area contributed by atoms with E-state index in [0.717, 1.165) is 5.69 Å². The molecule has 3 rings (SSSR count). The molecule has 1 heterocycles. The average molecular weight is 328 g/mol. The lowest BCUT2D eigenvalue weighted by molar-refractivity contribution is 0.870. The van der Waals surface area contributed by atoms with E-state index < -0.39 is 0 Å². The second-order valence-electron chi connectivity index (χ2n) is 6.78. The van der Waals surface area contributed by atoms with E-state index in [-0.39, 0.29) is 6.04 Å². The minimum Gasteiger partial charge on any atom is -0.278 e. The molecule has 0 aliphatic carbocycles. The summed E-state index contributed by atoms with van der Waals surface area (Å²) >= 11 is 0. The quantitative estimate of drug-likeness (QED) is 0.579. The molecule has 0 radical (unpaired) electrons. The number of aryl methyl sites for hydroxylation is 4. The van der Waals surface area contributed by atoms with Crippen LogP contribution in [0, 0.1) is 27.7 Å². The van der Waals surface area contributed by atoms with E-state index in [2.05, 4.69) is 69.1 Å². The highest BCUT2D eigenvalue weighted by atomic mass is 14.8. The van der Waals surface area contributed by atoms with Crippen molar-refractivity contribution in [2.45, 2.75) is 33.7 Å². The van der Waals surface area contributed by atoms with Gasteiger partial charge in [-0.3, -0.25) is 9.98 Å². The zero-order chi connectivity index (χ0) is 17.8. The van der Waals surface area contributed by atoms with Gasteiger partial charge in [-0.1, -0.05) is 64.7 Å². The number of hydrogen-bond acceptors (Lipinski definition) is 2. The van der Waals surface area contributed by atoms with Crippen LogP contribution in [0.25, 0.3) is 0 Å². The van der Waals surface area contributed by atoms with Crippen LogP contribution in [0.4, 0.5) is 0 Å². The molecule has 2 nitrogen and oxygen atoms in total. The van der Waals surface area contributed by atoms with Gasteiger partial charge in [0.15, 0.2) is 0 Å². The Bertz CT molecular complexity index is 803. The number of rotatable bonds is 4. The van der Waals surface area contributed by atoms with Gasteiger partial charge in [0.2, 0.25) is 0 Å². The molecule has 0 N–H and O–H groups in total. The molecule has 0 saturated carbocycles. The van der Waals surface area contributed by atoms with Crippen LogP contribution in [0.1, 0.15) is 45.1 Å². The molecule has 0 atom stereocenters. The van der Waals surface area contributed by atoms with Crippen LogP contribution in [-0.2, 0) is 0 Å². The van der Waals surface area contributed by atoms with Crippen LogP contribution in [0.2, 0.25) is 0 Å². The van der Waals surface area contributed by atoms with Gasteiger partial charge in [-0.2, -0.15) is 0 Å². The van der Waals surface area contributed by atoms with Crippen molar-refractivity contribution < 1.29 is 0 Å². The summed E-state index contributed by atoms with van der Waals surface area (Å²) in [6.07, 6.45) is 3.67. The molecule has 0 saturated heterocycles. The van der Waals surface area contributed by atoms with Gasteiger partial charge in [0, 0.05) is 12.4 Å². The molecule has 0 fully saturated rings. The third kappa shape index (κ3) is 4.42. The van der Waals surface area contributed by atoms with Crippen LogP contribution in [0.5, 0.6) is 0 Å². The molecule has 3 aromatic rings. The van der Waals surface area contributed by atoms with E-state index >= 15 is 0 Å². The lowest BCUT2D eigenvalue weighted by Gasteiger charge is -2.17. The first kappa shape index (κ1) is 17.1. The molecular formula is C23H24N2. The third-order valence-corrected chi connectivity index (χ3v) is 4.16. The molecule has 0 unspecified atom stereocenters. The van der Waals surface area contributed by atoms with E-state index in [0.29, 0.717) is 0 Å². The van der Waals surface area contributed by atoms with Crippen LogP contribution in [0.3, 0.4) is 0 Å². The zero-order valence-corrected chi connectivity index (χ0v) is 15.3. The molecule has 2 aromatic carbocycles. The lowest BCUT2D eigenvalue weighted by atomic mass is 9.94. The maximum Gasteiger partial charge on any atom is 0.100 e. The predicted molar refractivity (Wildman–Crippen MR) is 106 cm³/mol. The third-order valence-electron chi connectivity index (χ3n) is 4.16. The molecule has 0 spiro atoms. The molecule has 2 heteroatoms. The number of hydrogen-bond donors (Lipinski definition) is 0. The Labute approximate surface area is 150 Å². The van der Waals surface area contributed by atoms with Crippen molar-refractivity contribution in [3.8, 4) is 0 Å². The van der Waals surface area contributed by atoms with E-state index in [9.17, 15) is 0 Å². The Balaban J connectivity index is 2.08. The van der Waals surface area contributed by atoms with Crippen molar-refractivity contribution in [2.75, 3.05) is 0 Å². The average Bonchev–Trinajstić information content (AvgIpc) is 2.54. The Morgan fingerprint density at radius 3 is 1.72 bits per heavy atom. The molecule has 25 heavy (non-hydrogen) atoms. The molecule has 0 amide bonds. The second-order valence-corrected chi connectivity index (χ2v) is 6.78. The topological polar surface area (TPSA) is 25.2 Å². The summed E-state index contributed by atoms with van der Waals surface area (Å²) in [5, 5.41) is 0. The van der Waals surface area contributed by atoms with Gasteiger partial charge in [-0.15, -0.1) is 0 Å². The van der Waals surface area contributed by atoms with Gasteiger partial charge in [0.1, 0.15) is 6.04 Å². The maximum absolute atomic E-state index is 4.91. The first-order chi connectivity index (χ1) is 12.0. The Morgan fingerprint density at radius 2 is 1.28 bits per heavy atom. The first-order valence-electron chi connectivity index (χ1n) is 8.62. The summed E-state index contributed by atoms with van der Waals surface area (Å²) < 4.78 is 0. The monoisotopic (exact) mass is 328 g/mol. The zero-order valence-electron chi connectivity index (χ0n) is 15.3. The summed E-state index contributed by atoms with van der Waals surface area (Å²) in [5.74, 6) is 0. The summed E-state index contributed by atoms with van der Waals surface area (Å²) in [4.78, 5) is 9.27. The summed E-state index contributed by atoms with van der Waals surface area (Å²) in [5.41, 5.74) is 8.36. The SMILES string of the molecule is Cc1cc(C)cc(C(/N=C/c2ccccn2)c2cc(C)cc(C)c2)c1. The maximum atomic E-state index is 4.91. The van der Waals surface area contributed by atoms with Gasteiger partial charge in [0.05, 0.1) is 5.69 Å². The summed E-state index contributed by atoms with van der Waals surface area (Å²) in [7, 11) is 0. The molecule has 126 valence electrons. The Morgan fingerprint density at radius 1 is 0.760 bits per heavy atom. The standard InChI is InChI=1S/C23H24N2/c1-16-9-17(2)12-20(11-16)23(21-13-18(3)10-19(4)14-21)25-15-22-7-5-6-8-24-22/h5-15,23H,1-4H3/b25-15+. The van der Waals surface area contributed by atoms with Crippen molar-refractivity contribution >= 4 is 6.21 Å². The van der Waals surface area contributed by atoms with Crippen molar-refractivity contribution in [1.82, 2.24) is 4.98 Å². The summed E-state index contributed by atoms with van der Waals surface area (Å²) in [6.45, 7) is 8.55. The molecular weight excluding hydrogens is 304 g/mol. The summed E-state index contributed by atoms with van der Waals surface area (Å²) in [6, 6.07) is 19.2. The number of benzene rings is 2. The van der Waals surface area contributed by atoms with E-state index in [1.807, 2.05) is 24.4 Å². The molecule has 0 aliphatic heterocycles. The Kier molecular flexibility index (Phi) is 5.08. The first-order valence-corrected chi connectivity index (χ1v) is 8.62. The highest BCUT2D eigenvalue weighted by Crippen LogP contribution is 2.29. The highest BCUT2D eigenvalue weighted by molar-refractivity contribution is 5.77. The van der Waals surface area contributed by atoms with Gasteiger partial charge in [-0.25, -0.2) is 0 Å². The number of aliphatic imine (C=N–C) groups is 1. The van der Waals surface area contributed by atoms with Crippen molar-refractivity contribution in [3.05, 3.63) is 99.9 Å². The lowest BCUT2D eigenvalue weighted by Crippen LogP contribution is -2.02. The van der Waals surface area contributed by atoms with Gasteiger partial charge < -0.3 is 0 Å². The van der Waals surface area contributed by atoms with E-state index in [1.54, 1.807) is 6.20 Å². The fourth-order valence-electron chi connectivity index (χ4n) is 3.30. The van der Waals surface area contributed by atoms with Crippen LogP contribution in [-0.4, -0.2) is 11.2 Å². The largest absolute Gasteiger partial charge is 0.278 e. The van der Waals surface area contributed by atoms with Crippen LogP contribution >= 0.6 is 0 Å². The predicted octanol–water partition coefficient (Wildman–Crippen LogP) is 5.52. The van der Waals surface area contributed by atoms with E-state index in [1.165, 1.54) is 33.4 Å².